The van der Waals surface area contributed by atoms with Gasteiger partial charge in [0.25, 0.3) is 0 Å². The fourth-order valence-corrected chi connectivity index (χ4v) is 9.54. The van der Waals surface area contributed by atoms with Gasteiger partial charge in [0.05, 0.1) is 6.42 Å². The molecule has 0 bridgehead atoms. The number of Topliss-reactive ketones (excluding diaryl/α,β-unsaturated/α-hetero) is 2. The topological polar surface area (TPSA) is 58.5 Å². The van der Waals surface area contributed by atoms with Crippen LogP contribution in [0.25, 0.3) is 0 Å². The predicted octanol–water partition coefficient (Wildman–Crippen LogP) is 1.11. The summed E-state index contributed by atoms with van der Waals surface area (Å²) in [6.45, 7) is 0. The summed E-state index contributed by atoms with van der Waals surface area (Å²) in [5, 5.41) is 8.25. The standard InChI is InChI=1S/C29H22N2O2P.BrH/c32-27-24-18-10-11-19-25(24)28(33)29(27)20-26(30-31-29)34(21-12-4-1-5-13-21,22-14-6-2-7-15-22)23-16-8-3-9-17-23;/h1-19,31H,20H2;1H/q+1;/p-1. The highest BCUT2D eigenvalue weighted by atomic mass is 79.9. The normalized spacial score (nSPS) is 15.8. The molecule has 0 amide bonds. The molecule has 2 aliphatic rings. The molecule has 1 aliphatic heterocycles. The lowest BCUT2D eigenvalue weighted by atomic mass is 9.91. The maximum absolute atomic E-state index is 13.6. The van der Waals surface area contributed by atoms with E-state index in [4.69, 9.17) is 5.10 Å². The lowest BCUT2D eigenvalue weighted by molar-refractivity contribution is -0.0000239. The monoisotopic (exact) mass is 540 g/mol. The first kappa shape index (κ1) is 23.3. The van der Waals surface area contributed by atoms with E-state index in [1.807, 2.05) is 54.6 Å². The summed E-state index contributed by atoms with van der Waals surface area (Å²) in [6.07, 6.45) is 0.242. The molecule has 1 heterocycles. The van der Waals surface area contributed by atoms with Crippen molar-refractivity contribution in [2.24, 2.45) is 5.10 Å². The van der Waals surface area contributed by atoms with Gasteiger partial charge in [-0.3, -0.25) is 15.0 Å². The van der Waals surface area contributed by atoms with E-state index < -0.39 is 12.8 Å². The Labute approximate surface area is 215 Å². The van der Waals surface area contributed by atoms with E-state index in [1.165, 1.54) is 0 Å². The van der Waals surface area contributed by atoms with Crippen LogP contribution in [0.1, 0.15) is 27.1 Å². The third kappa shape index (κ3) is 3.34. The Morgan fingerprint density at radius 2 is 0.971 bits per heavy atom. The summed E-state index contributed by atoms with van der Waals surface area (Å²) in [5.74, 6) is -0.390. The van der Waals surface area contributed by atoms with Crippen molar-refractivity contribution >= 4 is 40.2 Å². The zero-order chi connectivity index (χ0) is 23.2. The van der Waals surface area contributed by atoms with Crippen molar-refractivity contribution in [3.8, 4) is 0 Å². The molecule has 0 unspecified atom stereocenters. The van der Waals surface area contributed by atoms with Crippen LogP contribution >= 0.6 is 7.26 Å². The Kier molecular flexibility index (Phi) is 6.00. The summed E-state index contributed by atoms with van der Waals surface area (Å²) < 4.78 is 0. The summed E-state index contributed by atoms with van der Waals surface area (Å²) in [6, 6.07) is 38.1. The molecule has 6 rings (SSSR count). The van der Waals surface area contributed by atoms with Gasteiger partial charge in [-0.25, -0.2) is 0 Å². The van der Waals surface area contributed by atoms with Gasteiger partial charge >= 0.3 is 0 Å². The van der Waals surface area contributed by atoms with E-state index in [0.717, 1.165) is 21.4 Å². The molecule has 35 heavy (non-hydrogen) atoms. The number of rotatable bonds is 4. The minimum absolute atomic E-state index is 0. The molecular weight excluding hydrogens is 519 g/mol. The Hall–Kier alpha value is -3.40. The number of hydrogen-bond acceptors (Lipinski definition) is 4. The van der Waals surface area contributed by atoms with Crippen LogP contribution < -0.4 is 38.3 Å². The molecule has 1 N–H and O–H groups in total. The molecule has 0 atom stereocenters. The lowest BCUT2D eigenvalue weighted by Crippen LogP contribution is -3.00. The SMILES string of the molecule is O=C1c2ccccc2C(=O)C12CC([P+](c1ccccc1)(c1ccccc1)c1ccccc1)=NN2.[Br-]. The van der Waals surface area contributed by atoms with Crippen molar-refractivity contribution in [3.63, 3.8) is 0 Å². The number of nitrogens with one attached hydrogen (secondary N) is 1. The lowest BCUT2D eigenvalue weighted by Gasteiger charge is -2.27. The average molecular weight is 541 g/mol. The number of nitrogens with zero attached hydrogens (tertiary/aromatic N) is 1. The first-order chi connectivity index (χ1) is 16.7. The van der Waals surface area contributed by atoms with Crippen LogP contribution in [0.2, 0.25) is 0 Å². The third-order valence-electron chi connectivity index (χ3n) is 6.81. The number of benzene rings is 4. The van der Waals surface area contributed by atoms with Gasteiger partial charge in [0.15, 0.2) is 29.8 Å². The van der Waals surface area contributed by atoms with Crippen LogP contribution in [0.3, 0.4) is 0 Å². The number of carbonyl (C=O) groups excluding carboxylic acids is 2. The summed E-state index contributed by atoms with van der Waals surface area (Å²) in [5.41, 5.74) is 3.48. The van der Waals surface area contributed by atoms with Gasteiger partial charge in [-0.2, -0.15) is 0 Å². The van der Waals surface area contributed by atoms with Crippen molar-refractivity contribution in [1.29, 1.82) is 0 Å². The van der Waals surface area contributed by atoms with Crippen LogP contribution in [0, 0.1) is 0 Å². The molecule has 0 fully saturated rings. The van der Waals surface area contributed by atoms with E-state index in [0.29, 0.717) is 11.1 Å². The van der Waals surface area contributed by atoms with Crippen molar-refractivity contribution in [1.82, 2.24) is 5.43 Å². The van der Waals surface area contributed by atoms with E-state index in [9.17, 15) is 9.59 Å². The molecule has 0 saturated carbocycles. The number of ketones is 2. The molecule has 1 aliphatic carbocycles. The van der Waals surface area contributed by atoms with Crippen molar-refractivity contribution in [3.05, 3.63) is 126 Å². The van der Waals surface area contributed by atoms with Crippen molar-refractivity contribution < 1.29 is 26.6 Å². The molecule has 4 aromatic carbocycles. The first-order valence-corrected chi connectivity index (χ1v) is 13.1. The van der Waals surface area contributed by atoms with Crippen LogP contribution in [0.5, 0.6) is 0 Å². The molecule has 172 valence electrons. The molecule has 6 heteroatoms. The molecule has 0 aromatic heterocycles. The van der Waals surface area contributed by atoms with E-state index >= 15 is 0 Å². The summed E-state index contributed by atoms with van der Waals surface area (Å²) in [4.78, 5) is 27.1. The average Bonchev–Trinajstić information content (AvgIpc) is 3.44. The fourth-order valence-electron chi connectivity index (χ4n) is 5.22. The Morgan fingerprint density at radius 3 is 1.37 bits per heavy atom. The van der Waals surface area contributed by atoms with E-state index in [-0.39, 0.29) is 35.0 Å². The van der Waals surface area contributed by atoms with Crippen LogP contribution in [-0.2, 0) is 0 Å². The van der Waals surface area contributed by atoms with Gasteiger partial charge in [0.1, 0.15) is 15.9 Å². The molecule has 0 radical (unpaired) electrons. The fraction of sp³-hybridized carbons (Fsp3) is 0.0690. The van der Waals surface area contributed by atoms with Crippen LogP contribution in [0.15, 0.2) is 120 Å². The minimum atomic E-state index is -2.44. The second-order valence-electron chi connectivity index (χ2n) is 8.60. The predicted molar refractivity (Wildman–Crippen MR) is 138 cm³/mol. The van der Waals surface area contributed by atoms with Gasteiger partial charge in [0.2, 0.25) is 0 Å². The van der Waals surface area contributed by atoms with E-state index in [2.05, 4.69) is 41.8 Å². The molecule has 4 aromatic rings. The minimum Gasteiger partial charge on any atom is -1.00 e. The van der Waals surface area contributed by atoms with Gasteiger partial charge in [-0.1, -0.05) is 78.9 Å². The summed E-state index contributed by atoms with van der Waals surface area (Å²) >= 11 is 0. The Bertz CT molecular complexity index is 1310. The van der Waals surface area contributed by atoms with Crippen LogP contribution in [0.4, 0.5) is 0 Å². The van der Waals surface area contributed by atoms with Crippen LogP contribution in [-0.4, -0.2) is 22.6 Å². The largest absolute Gasteiger partial charge is 1.00 e. The maximum Gasteiger partial charge on any atom is 0.198 e. The number of fused-ring (bicyclic) bond motifs is 1. The summed E-state index contributed by atoms with van der Waals surface area (Å²) in [7, 11) is -2.44. The smallest absolute Gasteiger partial charge is 0.198 e. The molecule has 4 nitrogen and oxygen atoms in total. The zero-order valence-electron chi connectivity index (χ0n) is 18.8. The highest BCUT2D eigenvalue weighted by Crippen LogP contribution is 2.60. The first-order valence-electron chi connectivity index (χ1n) is 11.3. The number of halogens is 1. The quantitative estimate of drug-likeness (QED) is 0.311. The maximum atomic E-state index is 13.6. The van der Waals surface area contributed by atoms with Gasteiger partial charge < -0.3 is 17.0 Å². The number of hydrazone groups is 1. The second kappa shape index (κ2) is 8.99. The highest BCUT2D eigenvalue weighted by Gasteiger charge is 2.63. The van der Waals surface area contributed by atoms with Gasteiger partial charge in [-0.05, 0) is 36.4 Å². The third-order valence-corrected chi connectivity index (χ3v) is 11.1. The molecule has 0 saturated heterocycles. The van der Waals surface area contributed by atoms with Gasteiger partial charge in [-0.15, -0.1) is 5.10 Å². The molecular formula is C29H22BrN2O2P. The zero-order valence-corrected chi connectivity index (χ0v) is 21.2. The van der Waals surface area contributed by atoms with E-state index in [1.54, 1.807) is 24.3 Å². The number of hydrogen-bond donors (Lipinski definition) is 1. The number of carbonyl (C=O) groups is 2. The van der Waals surface area contributed by atoms with Crippen molar-refractivity contribution in [2.75, 3.05) is 0 Å². The van der Waals surface area contributed by atoms with Crippen molar-refractivity contribution in [2.45, 2.75) is 12.0 Å². The molecule has 1 spiro atoms. The second-order valence-corrected chi connectivity index (χ2v) is 12.0. The Morgan fingerprint density at radius 1 is 0.600 bits per heavy atom. The highest BCUT2D eigenvalue weighted by molar-refractivity contribution is 8.08. The van der Waals surface area contributed by atoms with Gasteiger partial charge in [0, 0.05) is 11.1 Å². The Balaban J connectivity index is 0.00000253.